The summed E-state index contributed by atoms with van der Waals surface area (Å²) in [4.78, 5) is 24.8. The minimum absolute atomic E-state index is 0.291. The van der Waals surface area contributed by atoms with Gasteiger partial charge in [0.2, 0.25) is 0 Å². The normalized spacial score (nSPS) is 19.9. The van der Waals surface area contributed by atoms with Crippen molar-refractivity contribution in [2.24, 2.45) is 0 Å². The summed E-state index contributed by atoms with van der Waals surface area (Å²) in [6.07, 6.45) is 2.11. The molecular formula is C11H11Cl2NO3S. The van der Waals surface area contributed by atoms with E-state index in [1.807, 2.05) is 0 Å². The van der Waals surface area contributed by atoms with Crippen molar-refractivity contribution in [3.05, 3.63) is 20.3 Å². The second-order valence-corrected chi connectivity index (χ2v) is 6.37. The molecule has 98 valence electrons. The standard InChI is InChI=1S/C11H11Cl2NO3S/c12-8-5-6(9(13)18-8)10(15)14-4-2-1-3-7(14)11(16)17/h5,7H,1-4H2,(H,16,17)/t7-/m0/s1. The zero-order chi connectivity index (χ0) is 13.3. The van der Waals surface area contributed by atoms with Gasteiger partial charge in [-0.15, -0.1) is 11.3 Å². The van der Waals surface area contributed by atoms with Gasteiger partial charge in [-0.1, -0.05) is 23.2 Å². The van der Waals surface area contributed by atoms with Gasteiger partial charge in [-0.05, 0) is 25.3 Å². The SMILES string of the molecule is O=C(O)[C@@H]1CCCCN1C(=O)c1cc(Cl)sc1Cl. The van der Waals surface area contributed by atoms with Crippen LogP contribution in [0.5, 0.6) is 0 Å². The smallest absolute Gasteiger partial charge is 0.326 e. The number of likely N-dealkylation sites (tertiary alicyclic amines) is 1. The maximum absolute atomic E-state index is 12.3. The number of rotatable bonds is 2. The van der Waals surface area contributed by atoms with E-state index in [0.717, 1.165) is 24.2 Å². The fourth-order valence-corrected chi connectivity index (χ4v) is 3.52. The zero-order valence-corrected chi connectivity index (χ0v) is 11.7. The molecule has 0 bridgehead atoms. The van der Waals surface area contributed by atoms with Gasteiger partial charge >= 0.3 is 5.97 Å². The van der Waals surface area contributed by atoms with Crippen LogP contribution in [0, 0.1) is 0 Å². The molecule has 1 aromatic rings. The second-order valence-electron chi connectivity index (χ2n) is 4.09. The predicted octanol–water partition coefficient (Wildman–Crippen LogP) is 3.13. The fourth-order valence-electron chi connectivity index (χ4n) is 2.07. The summed E-state index contributed by atoms with van der Waals surface area (Å²) in [5, 5.41) is 9.13. The van der Waals surface area contributed by atoms with E-state index >= 15 is 0 Å². The van der Waals surface area contributed by atoms with Crippen LogP contribution in [0.25, 0.3) is 0 Å². The van der Waals surface area contributed by atoms with Crippen molar-refractivity contribution in [1.82, 2.24) is 4.90 Å². The molecule has 7 heteroatoms. The Morgan fingerprint density at radius 1 is 1.39 bits per heavy atom. The third-order valence-corrected chi connectivity index (χ3v) is 4.42. The first-order valence-corrected chi connectivity index (χ1v) is 7.06. The van der Waals surface area contributed by atoms with Gasteiger partial charge in [0.25, 0.3) is 5.91 Å². The van der Waals surface area contributed by atoms with Crippen LogP contribution in [0.2, 0.25) is 8.67 Å². The number of amides is 1. The third kappa shape index (κ3) is 2.63. The van der Waals surface area contributed by atoms with Crippen molar-refractivity contribution < 1.29 is 14.7 Å². The highest BCUT2D eigenvalue weighted by Gasteiger charge is 2.33. The monoisotopic (exact) mass is 307 g/mol. The lowest BCUT2D eigenvalue weighted by atomic mass is 10.0. The predicted molar refractivity (Wildman–Crippen MR) is 70.7 cm³/mol. The van der Waals surface area contributed by atoms with Crippen LogP contribution in [0.15, 0.2) is 6.07 Å². The van der Waals surface area contributed by atoms with Gasteiger partial charge in [0.1, 0.15) is 10.4 Å². The third-order valence-electron chi connectivity index (χ3n) is 2.94. The number of hydrogen-bond acceptors (Lipinski definition) is 3. The molecule has 2 heterocycles. The topological polar surface area (TPSA) is 57.6 Å². The number of nitrogens with zero attached hydrogens (tertiary/aromatic N) is 1. The largest absolute Gasteiger partial charge is 0.480 e. The minimum atomic E-state index is -0.972. The summed E-state index contributed by atoms with van der Waals surface area (Å²) in [6.45, 7) is 0.444. The number of halogens is 2. The highest BCUT2D eigenvalue weighted by Crippen LogP contribution is 2.33. The van der Waals surface area contributed by atoms with Crippen LogP contribution in [0.4, 0.5) is 0 Å². The molecule has 4 nitrogen and oxygen atoms in total. The quantitative estimate of drug-likeness (QED) is 0.913. The van der Waals surface area contributed by atoms with E-state index in [9.17, 15) is 9.59 Å². The Bertz CT molecular complexity index is 489. The van der Waals surface area contributed by atoms with E-state index < -0.39 is 12.0 Å². The number of carbonyl (C=O) groups is 2. The van der Waals surface area contributed by atoms with E-state index in [2.05, 4.69) is 0 Å². The molecule has 0 radical (unpaired) electrons. The van der Waals surface area contributed by atoms with Gasteiger partial charge in [0.15, 0.2) is 0 Å². The molecule has 1 saturated heterocycles. The van der Waals surface area contributed by atoms with Gasteiger partial charge in [0.05, 0.1) is 9.90 Å². The second kappa shape index (κ2) is 5.47. The Morgan fingerprint density at radius 2 is 2.11 bits per heavy atom. The van der Waals surface area contributed by atoms with Gasteiger partial charge in [0, 0.05) is 6.54 Å². The van der Waals surface area contributed by atoms with Crippen LogP contribution >= 0.6 is 34.5 Å². The summed E-state index contributed by atoms with van der Waals surface area (Å²) < 4.78 is 0.729. The number of carboxylic acids is 1. The summed E-state index contributed by atoms with van der Waals surface area (Å²) in [6, 6.07) is 0.728. The van der Waals surface area contributed by atoms with Crippen LogP contribution in [-0.2, 0) is 4.79 Å². The maximum atomic E-state index is 12.3. The first-order valence-electron chi connectivity index (χ1n) is 5.49. The lowest BCUT2D eigenvalue weighted by Gasteiger charge is -2.32. The van der Waals surface area contributed by atoms with E-state index in [1.165, 1.54) is 11.0 Å². The van der Waals surface area contributed by atoms with Crippen LogP contribution in [-0.4, -0.2) is 34.5 Å². The average molecular weight is 308 g/mol. The van der Waals surface area contributed by atoms with E-state index in [0.29, 0.717) is 27.2 Å². The summed E-state index contributed by atoms with van der Waals surface area (Å²) in [7, 11) is 0. The van der Waals surface area contributed by atoms with E-state index in [-0.39, 0.29) is 5.91 Å². The van der Waals surface area contributed by atoms with Gasteiger partial charge in [-0.2, -0.15) is 0 Å². The minimum Gasteiger partial charge on any atom is -0.480 e. The highest BCUT2D eigenvalue weighted by molar-refractivity contribution is 7.20. The molecule has 1 fully saturated rings. The number of aliphatic carboxylic acids is 1. The fraction of sp³-hybridized carbons (Fsp3) is 0.455. The lowest BCUT2D eigenvalue weighted by molar-refractivity contribution is -0.143. The maximum Gasteiger partial charge on any atom is 0.326 e. The lowest BCUT2D eigenvalue weighted by Crippen LogP contribution is -2.47. The van der Waals surface area contributed by atoms with Crippen molar-refractivity contribution in [2.75, 3.05) is 6.54 Å². The zero-order valence-electron chi connectivity index (χ0n) is 9.36. The number of thiophene rings is 1. The molecule has 1 aliphatic rings. The molecule has 1 aliphatic heterocycles. The van der Waals surface area contributed by atoms with Crippen molar-refractivity contribution >= 4 is 46.4 Å². The summed E-state index contributed by atoms with van der Waals surface area (Å²) >= 11 is 12.8. The Hall–Kier alpha value is -0.780. The molecule has 0 aliphatic carbocycles. The van der Waals surface area contributed by atoms with E-state index in [4.69, 9.17) is 28.3 Å². The van der Waals surface area contributed by atoms with Crippen molar-refractivity contribution in [3.63, 3.8) is 0 Å². The number of carbonyl (C=O) groups excluding carboxylic acids is 1. The number of piperidine rings is 1. The first-order chi connectivity index (χ1) is 8.50. The molecule has 2 rings (SSSR count). The molecule has 1 atom stereocenters. The Morgan fingerprint density at radius 3 is 2.67 bits per heavy atom. The van der Waals surface area contributed by atoms with Crippen molar-refractivity contribution in [1.29, 1.82) is 0 Å². The molecular weight excluding hydrogens is 297 g/mol. The van der Waals surface area contributed by atoms with Gasteiger partial charge < -0.3 is 10.0 Å². The Labute approximate surface area is 118 Å². The van der Waals surface area contributed by atoms with Crippen LogP contribution in [0.1, 0.15) is 29.6 Å². The molecule has 0 unspecified atom stereocenters. The van der Waals surface area contributed by atoms with E-state index in [1.54, 1.807) is 0 Å². The molecule has 0 aromatic carbocycles. The molecule has 0 spiro atoms. The summed E-state index contributed by atoms with van der Waals surface area (Å²) in [5.41, 5.74) is 0.291. The first kappa shape index (κ1) is 13.6. The summed E-state index contributed by atoms with van der Waals surface area (Å²) in [5.74, 6) is -1.32. The molecule has 18 heavy (non-hydrogen) atoms. The molecule has 1 N–H and O–H groups in total. The number of carboxylic acid groups (broad SMARTS) is 1. The van der Waals surface area contributed by atoms with Gasteiger partial charge in [-0.25, -0.2) is 4.79 Å². The van der Waals surface area contributed by atoms with Crippen molar-refractivity contribution in [2.45, 2.75) is 25.3 Å². The molecule has 0 saturated carbocycles. The van der Waals surface area contributed by atoms with Gasteiger partial charge in [-0.3, -0.25) is 4.79 Å². The average Bonchev–Trinajstić information content (AvgIpc) is 2.67. The van der Waals surface area contributed by atoms with Crippen LogP contribution < -0.4 is 0 Å². The Kier molecular flexibility index (Phi) is 4.14. The highest BCUT2D eigenvalue weighted by atomic mass is 35.5. The Balaban J connectivity index is 2.26. The molecule has 1 amide bonds. The van der Waals surface area contributed by atoms with Crippen molar-refractivity contribution in [3.8, 4) is 0 Å². The molecule has 1 aromatic heterocycles. The van der Waals surface area contributed by atoms with Crippen LogP contribution in [0.3, 0.4) is 0 Å². The number of hydrogen-bond donors (Lipinski definition) is 1.